The van der Waals surface area contributed by atoms with Gasteiger partial charge in [0.2, 0.25) is 10.0 Å². The van der Waals surface area contributed by atoms with Crippen molar-refractivity contribution in [3.8, 4) is 0 Å². The number of hydrogen-bond donors (Lipinski definition) is 2. The van der Waals surface area contributed by atoms with E-state index in [4.69, 9.17) is 21.5 Å². The van der Waals surface area contributed by atoms with Crippen LogP contribution in [0.2, 0.25) is 5.02 Å². The van der Waals surface area contributed by atoms with Crippen molar-refractivity contribution in [2.24, 2.45) is 5.14 Å². The Morgan fingerprint density at radius 2 is 2.00 bits per heavy atom. The number of anilines is 1. The van der Waals surface area contributed by atoms with E-state index in [1.807, 2.05) is 0 Å². The van der Waals surface area contributed by atoms with Crippen LogP contribution in [0.1, 0.15) is 17.3 Å². The van der Waals surface area contributed by atoms with E-state index >= 15 is 0 Å². The molecule has 11 heteroatoms. The van der Waals surface area contributed by atoms with Crippen LogP contribution in [-0.2, 0) is 19.6 Å². The lowest BCUT2D eigenvalue weighted by molar-refractivity contribution is -0.123. The maximum absolute atomic E-state index is 13.8. The number of nitrogens with zero attached hydrogens (tertiary/aromatic N) is 1. The van der Waals surface area contributed by atoms with E-state index in [1.54, 1.807) is 0 Å². The second-order valence-corrected chi connectivity index (χ2v) is 7.08. The second kappa shape index (κ2) is 7.77. The van der Waals surface area contributed by atoms with Crippen molar-refractivity contribution in [2.75, 3.05) is 5.32 Å². The molecule has 138 valence electrons. The van der Waals surface area contributed by atoms with Crippen molar-refractivity contribution in [2.45, 2.75) is 17.9 Å². The van der Waals surface area contributed by atoms with Gasteiger partial charge in [-0.25, -0.2) is 27.7 Å². The molecular weight excluding hydrogens is 389 g/mol. The van der Waals surface area contributed by atoms with Crippen LogP contribution in [0.5, 0.6) is 0 Å². The molecule has 1 heterocycles. The SMILES string of the molecule is C[C@@H](OC(=O)c1cc(S(N)(=O)=O)ccc1F)C(=O)Nc1ccc(Cl)cn1. The van der Waals surface area contributed by atoms with Crippen LogP contribution in [0.4, 0.5) is 10.2 Å². The molecule has 3 N–H and O–H groups in total. The van der Waals surface area contributed by atoms with Gasteiger partial charge in [0.25, 0.3) is 5.91 Å². The molecule has 0 saturated carbocycles. The zero-order chi connectivity index (χ0) is 19.5. The first kappa shape index (κ1) is 19.8. The van der Waals surface area contributed by atoms with Crippen LogP contribution in [0.15, 0.2) is 41.4 Å². The fourth-order valence-corrected chi connectivity index (χ4v) is 2.44. The third kappa shape index (κ3) is 4.97. The number of halogens is 2. The Morgan fingerprint density at radius 1 is 1.31 bits per heavy atom. The van der Waals surface area contributed by atoms with E-state index in [0.29, 0.717) is 5.02 Å². The lowest BCUT2D eigenvalue weighted by Gasteiger charge is -2.13. The topological polar surface area (TPSA) is 128 Å². The molecule has 0 aliphatic rings. The van der Waals surface area contributed by atoms with Crippen molar-refractivity contribution in [1.29, 1.82) is 0 Å². The molecule has 0 saturated heterocycles. The standard InChI is InChI=1S/C15H13ClFN3O5S/c1-8(14(21)20-13-5-2-9(16)7-19-13)25-15(22)11-6-10(26(18,23)24)3-4-12(11)17/h2-8H,1H3,(H2,18,23,24)(H,19,20,21)/t8-/m1/s1. The van der Waals surface area contributed by atoms with Gasteiger partial charge in [0.1, 0.15) is 11.6 Å². The van der Waals surface area contributed by atoms with Crippen LogP contribution in [0, 0.1) is 5.82 Å². The monoisotopic (exact) mass is 401 g/mol. The number of aromatic nitrogens is 1. The van der Waals surface area contributed by atoms with Gasteiger partial charge in [-0.15, -0.1) is 0 Å². The number of esters is 1. The molecule has 0 fully saturated rings. The summed E-state index contributed by atoms with van der Waals surface area (Å²) in [7, 11) is -4.14. The van der Waals surface area contributed by atoms with Crippen LogP contribution in [0.25, 0.3) is 0 Å². The summed E-state index contributed by atoms with van der Waals surface area (Å²) in [6.07, 6.45) is -0.000337. The molecule has 0 radical (unpaired) electrons. The summed E-state index contributed by atoms with van der Waals surface area (Å²) in [5.74, 6) is -2.80. The second-order valence-electron chi connectivity index (χ2n) is 5.09. The quantitative estimate of drug-likeness (QED) is 0.734. The molecular formula is C15H13ClFN3O5S. The third-order valence-corrected chi connectivity index (χ3v) is 4.25. The Morgan fingerprint density at radius 3 is 2.58 bits per heavy atom. The fourth-order valence-electron chi connectivity index (χ4n) is 1.79. The molecule has 1 amide bonds. The van der Waals surface area contributed by atoms with Crippen LogP contribution < -0.4 is 10.5 Å². The summed E-state index contributed by atoms with van der Waals surface area (Å²) < 4.78 is 41.2. The predicted molar refractivity (Wildman–Crippen MR) is 90.5 cm³/mol. The van der Waals surface area contributed by atoms with Gasteiger partial charge in [-0.2, -0.15) is 0 Å². The van der Waals surface area contributed by atoms with Gasteiger partial charge in [0.05, 0.1) is 15.5 Å². The van der Waals surface area contributed by atoms with Gasteiger partial charge < -0.3 is 10.1 Å². The summed E-state index contributed by atoms with van der Waals surface area (Å²) >= 11 is 5.68. The maximum Gasteiger partial charge on any atom is 0.341 e. The number of carbonyl (C=O) groups is 2. The summed E-state index contributed by atoms with van der Waals surface area (Å²) in [6, 6.07) is 5.33. The number of carbonyl (C=O) groups excluding carboxylic acids is 2. The minimum atomic E-state index is -4.14. The van der Waals surface area contributed by atoms with E-state index in [2.05, 4.69) is 10.3 Å². The average molecular weight is 402 g/mol. The molecule has 1 aromatic heterocycles. The molecule has 26 heavy (non-hydrogen) atoms. The van der Waals surface area contributed by atoms with Gasteiger partial charge in [0, 0.05) is 6.20 Å². The molecule has 0 aliphatic carbocycles. The minimum absolute atomic E-state index is 0.171. The zero-order valence-corrected chi connectivity index (χ0v) is 14.8. The fraction of sp³-hybridized carbons (Fsp3) is 0.133. The number of benzene rings is 1. The minimum Gasteiger partial charge on any atom is -0.449 e. The Hall–Kier alpha value is -2.56. The Bertz CT molecular complexity index is 950. The maximum atomic E-state index is 13.8. The normalized spacial score (nSPS) is 12.3. The highest BCUT2D eigenvalue weighted by Gasteiger charge is 2.23. The van der Waals surface area contributed by atoms with Crippen molar-refractivity contribution in [3.05, 3.63) is 52.9 Å². The number of hydrogen-bond acceptors (Lipinski definition) is 6. The highest BCUT2D eigenvalue weighted by molar-refractivity contribution is 7.89. The largest absolute Gasteiger partial charge is 0.449 e. The molecule has 0 aliphatic heterocycles. The first-order chi connectivity index (χ1) is 12.1. The van der Waals surface area contributed by atoms with Gasteiger partial charge >= 0.3 is 5.97 Å². The van der Waals surface area contributed by atoms with E-state index in [0.717, 1.165) is 18.2 Å². The molecule has 0 unspecified atom stereocenters. The Kier molecular flexibility index (Phi) is 5.90. The summed E-state index contributed by atoms with van der Waals surface area (Å²) in [4.78, 5) is 27.4. The number of nitrogens with one attached hydrogen (secondary N) is 1. The van der Waals surface area contributed by atoms with Crippen molar-refractivity contribution in [1.82, 2.24) is 4.98 Å². The molecule has 8 nitrogen and oxygen atoms in total. The van der Waals surface area contributed by atoms with E-state index in [1.165, 1.54) is 25.3 Å². The highest BCUT2D eigenvalue weighted by atomic mass is 35.5. The van der Waals surface area contributed by atoms with Gasteiger partial charge in [-0.05, 0) is 37.3 Å². The first-order valence-electron chi connectivity index (χ1n) is 7.03. The van der Waals surface area contributed by atoms with Gasteiger partial charge in [0.15, 0.2) is 6.10 Å². The average Bonchev–Trinajstić information content (AvgIpc) is 2.56. The summed E-state index contributed by atoms with van der Waals surface area (Å²) in [5, 5.41) is 7.69. The number of ether oxygens (including phenoxy) is 1. The van der Waals surface area contributed by atoms with Crippen molar-refractivity contribution >= 4 is 39.3 Å². The van der Waals surface area contributed by atoms with Gasteiger partial charge in [-0.1, -0.05) is 11.6 Å². The van der Waals surface area contributed by atoms with Gasteiger partial charge in [-0.3, -0.25) is 4.79 Å². The molecule has 2 aromatic rings. The predicted octanol–water partition coefficient (Wildman–Crippen LogP) is 1.71. The van der Waals surface area contributed by atoms with Crippen LogP contribution in [-0.4, -0.2) is 31.4 Å². The number of amides is 1. The molecule has 0 bridgehead atoms. The van der Waals surface area contributed by atoms with Crippen LogP contribution in [0.3, 0.4) is 0 Å². The highest BCUT2D eigenvalue weighted by Crippen LogP contribution is 2.16. The van der Waals surface area contributed by atoms with E-state index in [9.17, 15) is 22.4 Å². The summed E-state index contributed by atoms with van der Waals surface area (Å²) in [6.45, 7) is 1.25. The Balaban J connectivity index is 2.11. The van der Waals surface area contributed by atoms with E-state index < -0.39 is 44.3 Å². The van der Waals surface area contributed by atoms with E-state index in [-0.39, 0.29) is 5.82 Å². The number of rotatable bonds is 5. The summed E-state index contributed by atoms with van der Waals surface area (Å²) in [5.41, 5.74) is -0.666. The lowest BCUT2D eigenvalue weighted by Crippen LogP contribution is -2.30. The van der Waals surface area contributed by atoms with Crippen LogP contribution >= 0.6 is 11.6 Å². The lowest BCUT2D eigenvalue weighted by atomic mass is 10.2. The molecule has 1 aromatic carbocycles. The number of primary sulfonamides is 1. The third-order valence-electron chi connectivity index (χ3n) is 3.12. The number of sulfonamides is 1. The Labute approximate surface area is 153 Å². The molecule has 1 atom stereocenters. The number of nitrogens with two attached hydrogens (primary N) is 1. The smallest absolute Gasteiger partial charge is 0.341 e. The van der Waals surface area contributed by atoms with Crippen molar-refractivity contribution < 1.29 is 27.1 Å². The number of pyridine rings is 1. The molecule has 0 spiro atoms. The molecule has 2 rings (SSSR count). The van der Waals surface area contributed by atoms with Crippen molar-refractivity contribution in [3.63, 3.8) is 0 Å². The first-order valence-corrected chi connectivity index (χ1v) is 8.96. The zero-order valence-electron chi connectivity index (χ0n) is 13.3.